The lowest BCUT2D eigenvalue weighted by molar-refractivity contribution is 0.0942. The maximum absolute atomic E-state index is 12.9. The van der Waals surface area contributed by atoms with Crippen LogP contribution in [-0.2, 0) is 19.3 Å². The fourth-order valence-corrected chi connectivity index (χ4v) is 5.26. The largest absolute Gasteiger partial charge is 0.347 e. The van der Waals surface area contributed by atoms with Gasteiger partial charge in [-0.2, -0.15) is 0 Å². The van der Waals surface area contributed by atoms with Crippen molar-refractivity contribution in [3.63, 3.8) is 0 Å². The molecule has 4 rings (SSSR count). The zero-order valence-corrected chi connectivity index (χ0v) is 18.9. The third kappa shape index (κ3) is 4.57. The molecule has 0 fully saturated rings. The quantitative estimate of drug-likeness (QED) is 0.625. The molecule has 0 bridgehead atoms. The lowest BCUT2D eigenvalue weighted by Gasteiger charge is -2.34. The average Bonchev–Trinajstić information content (AvgIpc) is 3.14. The first-order valence-corrected chi connectivity index (χ1v) is 11.6. The smallest absolute Gasteiger partial charge is 0.261 e. The first kappa shape index (κ1) is 21.0. The molecule has 1 unspecified atom stereocenters. The Morgan fingerprint density at radius 3 is 2.73 bits per heavy atom. The van der Waals surface area contributed by atoms with Gasteiger partial charge in [-0.1, -0.05) is 51.1 Å². The molecule has 0 radical (unpaired) electrons. The van der Waals surface area contributed by atoms with Crippen molar-refractivity contribution < 1.29 is 4.79 Å². The van der Waals surface area contributed by atoms with Crippen LogP contribution in [-0.4, -0.2) is 23.5 Å². The van der Waals surface area contributed by atoms with Crippen LogP contribution in [0.25, 0.3) is 10.2 Å². The van der Waals surface area contributed by atoms with E-state index in [4.69, 9.17) is 10.7 Å². The number of benzene rings is 1. The Morgan fingerprint density at radius 2 is 2.03 bits per heavy atom. The van der Waals surface area contributed by atoms with E-state index in [2.05, 4.69) is 44.3 Å². The minimum atomic E-state index is -0.0844. The summed E-state index contributed by atoms with van der Waals surface area (Å²) in [6, 6.07) is 14.3. The van der Waals surface area contributed by atoms with Crippen LogP contribution in [0.3, 0.4) is 0 Å². The van der Waals surface area contributed by atoms with Crippen molar-refractivity contribution >= 4 is 27.5 Å². The van der Waals surface area contributed by atoms with Crippen molar-refractivity contribution in [3.8, 4) is 0 Å². The Morgan fingerprint density at radius 1 is 1.27 bits per heavy atom. The lowest BCUT2D eigenvalue weighted by Crippen LogP contribution is -2.41. The molecule has 1 aliphatic rings. The molecule has 158 valence electrons. The minimum absolute atomic E-state index is 0.0603. The fraction of sp³-hybridized carbons (Fsp3) is 0.440. The number of hydrogen-bond donors (Lipinski definition) is 2. The predicted molar refractivity (Wildman–Crippen MR) is 125 cm³/mol. The third-order valence-corrected chi connectivity index (χ3v) is 7.31. The number of amides is 1. The van der Waals surface area contributed by atoms with Crippen LogP contribution >= 0.6 is 11.3 Å². The molecule has 3 aromatic rings. The summed E-state index contributed by atoms with van der Waals surface area (Å²) in [4.78, 5) is 19.5. The maximum Gasteiger partial charge on any atom is 0.261 e. The molecule has 2 heterocycles. The van der Waals surface area contributed by atoms with Gasteiger partial charge in [0.2, 0.25) is 0 Å². The van der Waals surface area contributed by atoms with Gasteiger partial charge in [0, 0.05) is 23.7 Å². The highest BCUT2D eigenvalue weighted by molar-refractivity contribution is 7.20. The van der Waals surface area contributed by atoms with Crippen LogP contribution < -0.4 is 11.1 Å². The number of nitrogens with one attached hydrogen (secondary N) is 1. The molecule has 3 N–H and O–H groups in total. The number of aryl methyl sites for hydroxylation is 1. The lowest BCUT2D eigenvalue weighted by atomic mass is 9.71. The van der Waals surface area contributed by atoms with Gasteiger partial charge in [-0.05, 0) is 60.3 Å². The summed E-state index contributed by atoms with van der Waals surface area (Å²) in [5.41, 5.74) is 9.97. The van der Waals surface area contributed by atoms with Crippen molar-refractivity contribution in [1.82, 2.24) is 10.3 Å². The molecule has 0 spiro atoms. The van der Waals surface area contributed by atoms with Gasteiger partial charge in [-0.15, -0.1) is 11.3 Å². The van der Waals surface area contributed by atoms with E-state index in [-0.39, 0.29) is 11.9 Å². The highest BCUT2D eigenvalue weighted by Crippen LogP contribution is 2.38. The molecular formula is C25H31N3OS. The second-order valence-electron chi connectivity index (χ2n) is 9.50. The summed E-state index contributed by atoms with van der Waals surface area (Å²) in [6.07, 6.45) is 4.02. The number of hydrogen-bond acceptors (Lipinski definition) is 4. The van der Waals surface area contributed by atoms with Crippen LogP contribution in [0.4, 0.5) is 0 Å². The average molecular weight is 422 g/mol. The topological polar surface area (TPSA) is 68.0 Å². The maximum atomic E-state index is 12.9. The number of rotatable bonds is 5. The second kappa shape index (κ2) is 8.48. The van der Waals surface area contributed by atoms with Crippen molar-refractivity contribution in [2.75, 3.05) is 6.54 Å². The van der Waals surface area contributed by atoms with E-state index in [1.54, 1.807) is 0 Å². The molecule has 30 heavy (non-hydrogen) atoms. The van der Waals surface area contributed by atoms with Crippen LogP contribution in [0, 0.1) is 11.3 Å². The molecule has 1 aromatic carbocycles. The van der Waals surface area contributed by atoms with Crippen LogP contribution in [0.1, 0.15) is 53.7 Å². The van der Waals surface area contributed by atoms with E-state index in [1.165, 1.54) is 34.6 Å². The Kier molecular flexibility index (Phi) is 5.94. The summed E-state index contributed by atoms with van der Waals surface area (Å²) >= 11 is 1.48. The Balaban J connectivity index is 1.51. The van der Waals surface area contributed by atoms with Gasteiger partial charge in [-0.3, -0.25) is 4.79 Å². The number of aromatic nitrogens is 1. The van der Waals surface area contributed by atoms with Crippen molar-refractivity contribution in [2.24, 2.45) is 17.1 Å². The summed E-state index contributed by atoms with van der Waals surface area (Å²) in [5, 5.41) is 4.18. The van der Waals surface area contributed by atoms with Crippen LogP contribution in [0.5, 0.6) is 0 Å². The fourth-order valence-electron chi connectivity index (χ4n) is 4.32. The monoisotopic (exact) mass is 421 g/mol. The molecule has 2 atom stereocenters. The first-order chi connectivity index (χ1) is 14.3. The Bertz CT molecular complexity index is 1040. The number of pyridine rings is 1. The summed E-state index contributed by atoms with van der Waals surface area (Å²) in [7, 11) is 0. The van der Waals surface area contributed by atoms with Gasteiger partial charge in [-0.25, -0.2) is 4.98 Å². The molecule has 0 saturated carbocycles. The zero-order chi connectivity index (χ0) is 21.3. The predicted octanol–water partition coefficient (Wildman–Crippen LogP) is 4.75. The van der Waals surface area contributed by atoms with E-state index in [9.17, 15) is 4.79 Å². The van der Waals surface area contributed by atoms with Crippen molar-refractivity contribution in [2.45, 2.75) is 52.5 Å². The molecule has 2 aromatic heterocycles. The number of nitrogens with zero attached hydrogens (tertiary/aromatic N) is 1. The van der Waals surface area contributed by atoms with E-state index in [1.807, 2.05) is 24.3 Å². The molecular weight excluding hydrogens is 390 g/mol. The molecule has 5 heteroatoms. The number of nitrogens with two attached hydrogens (primary N) is 1. The molecule has 1 amide bonds. The Labute approximate surface area is 182 Å². The van der Waals surface area contributed by atoms with Crippen LogP contribution in [0.2, 0.25) is 0 Å². The zero-order valence-electron chi connectivity index (χ0n) is 18.1. The number of carbonyl (C=O) groups excluding carboxylic acids is 1. The van der Waals surface area contributed by atoms with E-state index in [0.29, 0.717) is 22.8 Å². The number of carbonyl (C=O) groups is 1. The van der Waals surface area contributed by atoms with Gasteiger partial charge in [0.1, 0.15) is 4.83 Å². The highest BCUT2D eigenvalue weighted by atomic mass is 32.1. The van der Waals surface area contributed by atoms with Crippen molar-refractivity contribution in [1.29, 1.82) is 0 Å². The highest BCUT2D eigenvalue weighted by Gasteiger charge is 2.29. The van der Waals surface area contributed by atoms with Gasteiger partial charge < -0.3 is 11.1 Å². The summed E-state index contributed by atoms with van der Waals surface area (Å²) < 4.78 is 0. The molecule has 0 saturated heterocycles. The minimum Gasteiger partial charge on any atom is -0.347 e. The Hall–Kier alpha value is -2.24. The van der Waals surface area contributed by atoms with Gasteiger partial charge in [0.15, 0.2) is 0 Å². The standard InChI is InChI=1S/C25H31N3OS/c1-25(2,3)19-9-10-21-17(13-19)12-18-14-22(30-24(18)28-21)23(29)27-20(15-26)11-16-7-5-4-6-8-16/h4-8,12,14,19-20H,9-11,13,15,26H2,1-3H3,(H,27,29)/t19?,20-/m0/s1. The first-order valence-electron chi connectivity index (χ1n) is 10.8. The van der Waals surface area contributed by atoms with E-state index < -0.39 is 0 Å². The third-order valence-electron chi connectivity index (χ3n) is 6.27. The van der Waals surface area contributed by atoms with E-state index >= 15 is 0 Å². The van der Waals surface area contributed by atoms with Crippen LogP contribution in [0.15, 0.2) is 42.5 Å². The molecule has 0 aliphatic heterocycles. The number of thiophene rings is 1. The number of fused-ring (bicyclic) bond motifs is 2. The summed E-state index contributed by atoms with van der Waals surface area (Å²) in [5.74, 6) is 0.615. The van der Waals surface area contributed by atoms with Gasteiger partial charge in [0.05, 0.1) is 4.88 Å². The van der Waals surface area contributed by atoms with Gasteiger partial charge >= 0.3 is 0 Å². The molecule has 1 aliphatic carbocycles. The van der Waals surface area contributed by atoms with E-state index in [0.717, 1.165) is 29.5 Å². The molecule has 4 nitrogen and oxygen atoms in total. The summed E-state index contributed by atoms with van der Waals surface area (Å²) in [6.45, 7) is 7.38. The van der Waals surface area contributed by atoms with Gasteiger partial charge in [0.25, 0.3) is 5.91 Å². The van der Waals surface area contributed by atoms with Crippen molar-refractivity contribution in [3.05, 3.63) is 64.2 Å². The second-order valence-corrected chi connectivity index (χ2v) is 10.5. The SMILES string of the molecule is CC(C)(C)C1CCc2nc3sc(C(=O)N[C@H](CN)Cc4ccccc4)cc3cc2C1. The normalized spacial score (nSPS) is 17.5.